The molecule has 28 heavy (non-hydrogen) atoms. The molecule has 10 nitrogen and oxygen atoms in total. The van der Waals surface area contributed by atoms with Gasteiger partial charge in [0.05, 0.1) is 27.9 Å². The van der Waals surface area contributed by atoms with Crippen molar-refractivity contribution < 1.29 is 22.9 Å². The highest BCUT2D eigenvalue weighted by molar-refractivity contribution is 7.85. The van der Waals surface area contributed by atoms with E-state index >= 15 is 0 Å². The number of H-pyrrole nitrogens is 1. The summed E-state index contributed by atoms with van der Waals surface area (Å²) >= 11 is 0. The fourth-order valence-electron chi connectivity index (χ4n) is 2.37. The van der Waals surface area contributed by atoms with Crippen molar-refractivity contribution >= 4 is 27.5 Å². The maximum atomic E-state index is 12.5. The molecule has 3 aromatic rings. The summed E-state index contributed by atoms with van der Waals surface area (Å²) in [7, 11) is -4.58. The van der Waals surface area contributed by atoms with Crippen LogP contribution in [-0.4, -0.2) is 28.7 Å². The number of rotatable bonds is 5. The zero-order valence-corrected chi connectivity index (χ0v) is 15.1. The standard InChI is InChI=1S/C17H14N4O6S/c1-10-15(19-18-12-4-2-11(3-5-12)17(23)24)16(22)21(20-10)13-6-8-14(9-7-13)28(25,26)27/h2-9,20H,1H3,(H,23,24)(H,25,26,27)/p-2. The number of hydrogen-bond acceptors (Lipinski definition) is 8. The van der Waals surface area contributed by atoms with Gasteiger partial charge in [-0.25, -0.2) is 13.1 Å². The highest BCUT2D eigenvalue weighted by Gasteiger charge is 2.12. The van der Waals surface area contributed by atoms with E-state index in [1.165, 1.54) is 36.4 Å². The molecule has 0 aliphatic rings. The van der Waals surface area contributed by atoms with Crippen LogP contribution in [0.2, 0.25) is 0 Å². The Bertz CT molecular complexity index is 1220. The van der Waals surface area contributed by atoms with Gasteiger partial charge >= 0.3 is 0 Å². The predicted octanol–water partition coefficient (Wildman–Crippen LogP) is 1.16. The molecule has 2 aromatic carbocycles. The number of carbonyl (C=O) groups is 1. The van der Waals surface area contributed by atoms with Crippen molar-refractivity contribution in [3.8, 4) is 5.69 Å². The molecule has 0 saturated heterocycles. The fourth-order valence-corrected chi connectivity index (χ4v) is 2.84. The van der Waals surface area contributed by atoms with Crippen LogP contribution < -0.4 is 10.7 Å². The van der Waals surface area contributed by atoms with E-state index in [1.54, 1.807) is 6.92 Å². The maximum absolute atomic E-state index is 12.5. The highest BCUT2D eigenvalue weighted by atomic mass is 32.2. The number of carboxylic acid groups (broad SMARTS) is 1. The first kappa shape index (κ1) is 19.2. The van der Waals surface area contributed by atoms with Crippen molar-refractivity contribution in [1.82, 2.24) is 9.78 Å². The van der Waals surface area contributed by atoms with Crippen molar-refractivity contribution in [2.24, 2.45) is 10.2 Å². The second-order valence-electron chi connectivity index (χ2n) is 5.71. The van der Waals surface area contributed by atoms with Gasteiger partial charge < -0.3 is 14.5 Å². The van der Waals surface area contributed by atoms with Crippen molar-refractivity contribution in [2.45, 2.75) is 11.8 Å². The second-order valence-corrected chi connectivity index (χ2v) is 7.09. The van der Waals surface area contributed by atoms with Crippen molar-refractivity contribution in [3.05, 3.63) is 70.1 Å². The van der Waals surface area contributed by atoms with Gasteiger partial charge in [0.15, 0.2) is 5.69 Å². The molecule has 0 aliphatic carbocycles. The SMILES string of the molecule is Cc1[nH]n(-c2ccc(S(=O)(=O)[O-])cc2)c(=O)c1N=Nc1ccc(C(=O)[O-])cc1. The molecule has 0 amide bonds. The summed E-state index contributed by atoms with van der Waals surface area (Å²) in [5.74, 6) is -1.32. The van der Waals surface area contributed by atoms with Gasteiger partial charge in [0.25, 0.3) is 5.56 Å². The first-order chi connectivity index (χ1) is 13.2. The average molecular weight is 400 g/mol. The van der Waals surface area contributed by atoms with Crippen molar-refractivity contribution in [1.29, 1.82) is 0 Å². The Balaban J connectivity index is 1.91. The highest BCUT2D eigenvalue weighted by Crippen LogP contribution is 2.20. The number of hydrogen-bond donors (Lipinski definition) is 1. The van der Waals surface area contributed by atoms with Gasteiger partial charge in [0, 0.05) is 0 Å². The first-order valence-corrected chi connectivity index (χ1v) is 9.19. The van der Waals surface area contributed by atoms with Gasteiger partial charge in [-0.2, -0.15) is 5.11 Å². The summed E-state index contributed by atoms with van der Waals surface area (Å²) in [6.45, 7) is 1.60. The van der Waals surface area contributed by atoms with E-state index in [0.29, 0.717) is 17.1 Å². The lowest BCUT2D eigenvalue weighted by Crippen LogP contribution is -2.21. The zero-order chi connectivity index (χ0) is 20.5. The van der Waals surface area contributed by atoms with Crippen LogP contribution in [-0.2, 0) is 10.1 Å². The van der Waals surface area contributed by atoms with Crippen LogP contribution in [0.1, 0.15) is 16.1 Å². The Morgan fingerprint density at radius 1 is 1.04 bits per heavy atom. The van der Waals surface area contributed by atoms with Gasteiger partial charge in [-0.05, 0) is 48.9 Å². The normalized spacial score (nSPS) is 11.8. The molecular weight excluding hydrogens is 388 g/mol. The molecule has 0 atom stereocenters. The Kier molecular flexibility index (Phi) is 4.94. The van der Waals surface area contributed by atoms with E-state index in [0.717, 1.165) is 16.8 Å². The van der Waals surface area contributed by atoms with Gasteiger partial charge in [0.1, 0.15) is 10.1 Å². The summed E-state index contributed by atoms with van der Waals surface area (Å²) in [4.78, 5) is 22.9. The summed E-state index contributed by atoms with van der Waals surface area (Å²) < 4.78 is 34.1. The minimum absolute atomic E-state index is 0.0114. The van der Waals surface area contributed by atoms with Crippen LogP contribution >= 0.6 is 0 Å². The summed E-state index contributed by atoms with van der Waals surface area (Å²) in [5.41, 5.74) is 0.514. The third-order valence-corrected chi connectivity index (χ3v) is 4.64. The lowest BCUT2D eigenvalue weighted by molar-refractivity contribution is -0.255. The van der Waals surface area contributed by atoms with Crippen LogP contribution in [0.15, 0.2) is 68.4 Å². The zero-order valence-electron chi connectivity index (χ0n) is 14.3. The largest absolute Gasteiger partial charge is 0.744 e. The number of aryl methyl sites for hydroxylation is 1. The number of aromatic nitrogens is 2. The smallest absolute Gasteiger partial charge is 0.299 e. The number of aromatic amines is 1. The molecule has 0 radical (unpaired) electrons. The Morgan fingerprint density at radius 3 is 2.18 bits per heavy atom. The maximum Gasteiger partial charge on any atom is 0.299 e. The molecule has 0 bridgehead atoms. The summed E-state index contributed by atoms with van der Waals surface area (Å²) in [6.07, 6.45) is 0. The van der Waals surface area contributed by atoms with E-state index in [1.807, 2.05) is 0 Å². The van der Waals surface area contributed by atoms with Crippen molar-refractivity contribution in [3.63, 3.8) is 0 Å². The molecule has 1 N–H and O–H groups in total. The molecule has 144 valence electrons. The Hall–Kier alpha value is -3.57. The molecule has 0 fully saturated rings. The average Bonchev–Trinajstić information content (AvgIpc) is 2.93. The minimum atomic E-state index is -4.58. The number of carboxylic acids is 1. The van der Waals surface area contributed by atoms with E-state index in [4.69, 9.17) is 0 Å². The van der Waals surface area contributed by atoms with Crippen molar-refractivity contribution in [2.75, 3.05) is 0 Å². The van der Waals surface area contributed by atoms with Gasteiger partial charge in [-0.15, -0.1) is 5.11 Å². The molecule has 0 aliphatic heterocycles. The quantitative estimate of drug-likeness (QED) is 0.499. The van der Waals surface area contributed by atoms with Crippen LogP contribution in [0.4, 0.5) is 11.4 Å². The molecule has 0 saturated carbocycles. The third-order valence-electron chi connectivity index (χ3n) is 3.79. The number of benzene rings is 2. The van der Waals surface area contributed by atoms with Crippen LogP contribution in [0.5, 0.6) is 0 Å². The number of nitrogens with one attached hydrogen (secondary N) is 1. The van der Waals surface area contributed by atoms with E-state index < -0.39 is 26.5 Å². The molecular formula is C17H12N4O6S-2. The second kappa shape index (κ2) is 7.21. The molecule has 0 spiro atoms. The van der Waals surface area contributed by atoms with Gasteiger partial charge in [0.2, 0.25) is 0 Å². The minimum Gasteiger partial charge on any atom is -0.744 e. The number of carbonyl (C=O) groups excluding carboxylic acids is 1. The number of nitrogens with zero attached hydrogens (tertiary/aromatic N) is 3. The van der Waals surface area contributed by atoms with Crippen LogP contribution in [0.3, 0.4) is 0 Å². The lowest BCUT2D eigenvalue weighted by Gasteiger charge is -2.07. The van der Waals surface area contributed by atoms with E-state index in [2.05, 4.69) is 15.3 Å². The number of azo groups is 1. The van der Waals surface area contributed by atoms with E-state index in [9.17, 15) is 27.7 Å². The first-order valence-electron chi connectivity index (χ1n) is 7.78. The Morgan fingerprint density at radius 2 is 1.64 bits per heavy atom. The third kappa shape index (κ3) is 3.89. The molecule has 11 heteroatoms. The van der Waals surface area contributed by atoms with E-state index in [-0.39, 0.29) is 11.3 Å². The number of aromatic carboxylic acids is 1. The summed E-state index contributed by atoms with van der Waals surface area (Å²) in [5, 5.41) is 21.3. The predicted molar refractivity (Wildman–Crippen MR) is 94.0 cm³/mol. The van der Waals surface area contributed by atoms with Gasteiger partial charge in [-0.3, -0.25) is 9.89 Å². The summed E-state index contributed by atoms with van der Waals surface area (Å²) in [6, 6.07) is 10.2. The van der Waals surface area contributed by atoms with Crippen LogP contribution in [0.25, 0.3) is 5.69 Å². The fraction of sp³-hybridized carbons (Fsp3) is 0.0588. The molecule has 3 rings (SSSR count). The lowest BCUT2D eigenvalue weighted by atomic mass is 10.2. The monoisotopic (exact) mass is 400 g/mol. The molecule has 1 heterocycles. The molecule has 1 aromatic heterocycles. The topological polar surface area (TPSA) is 160 Å². The molecule has 0 unspecified atom stereocenters. The Labute approximate surface area is 158 Å². The van der Waals surface area contributed by atoms with Gasteiger partial charge in [-0.1, -0.05) is 12.1 Å². The van der Waals surface area contributed by atoms with Crippen LogP contribution in [0, 0.1) is 6.92 Å².